The van der Waals surface area contributed by atoms with Gasteiger partial charge >= 0.3 is 11.9 Å². The predicted octanol–water partition coefficient (Wildman–Crippen LogP) is 3.82. The molecule has 3 atom stereocenters. The Hall–Kier alpha value is -2.47. The van der Waals surface area contributed by atoms with Crippen LogP contribution in [-0.2, 0) is 14.4 Å². The number of carboxylic acids is 2. The summed E-state index contributed by atoms with van der Waals surface area (Å²) in [4.78, 5) is 41.1. The fourth-order valence-electron chi connectivity index (χ4n) is 3.19. The second-order valence-electron chi connectivity index (χ2n) is 8.08. The maximum absolute atomic E-state index is 11.3. The van der Waals surface area contributed by atoms with E-state index < -0.39 is 52.3 Å². The van der Waals surface area contributed by atoms with Gasteiger partial charge in [-0.25, -0.2) is 0 Å². The van der Waals surface area contributed by atoms with Crippen LogP contribution in [0.25, 0.3) is 0 Å². The van der Waals surface area contributed by atoms with Gasteiger partial charge in [0.15, 0.2) is 4.84 Å². The van der Waals surface area contributed by atoms with Crippen LogP contribution in [-0.4, -0.2) is 60.7 Å². The van der Waals surface area contributed by atoms with Crippen molar-refractivity contribution < 1.29 is 39.7 Å². The first-order valence-electron chi connectivity index (χ1n) is 11.5. The largest absolute Gasteiger partial charge is 0.481 e. The average Bonchev–Trinajstić information content (AvgIpc) is 2.83. The van der Waals surface area contributed by atoms with Crippen LogP contribution in [0.2, 0.25) is 0 Å². The lowest BCUT2D eigenvalue weighted by atomic mass is 9.97. The Labute approximate surface area is 219 Å². The summed E-state index contributed by atoms with van der Waals surface area (Å²) in [6.45, 7) is 1.59. The molecule has 0 aliphatic carbocycles. The second-order valence-corrected chi connectivity index (χ2v) is 9.18. The Morgan fingerprint density at radius 2 is 1.58 bits per heavy atom. The number of halogens is 2. The van der Waals surface area contributed by atoms with E-state index in [1.165, 1.54) is 43.5 Å². The van der Waals surface area contributed by atoms with Gasteiger partial charge in [0, 0.05) is 12.1 Å². The highest BCUT2D eigenvalue weighted by molar-refractivity contribution is 6.53. The Morgan fingerprint density at radius 1 is 1.03 bits per heavy atom. The zero-order chi connectivity index (χ0) is 27.7. The number of carbonyl (C=O) groups is 3. The van der Waals surface area contributed by atoms with Gasteiger partial charge in [-0.1, -0.05) is 68.7 Å². The molecular formula is C23H34Cl2N2O9. The van der Waals surface area contributed by atoms with E-state index in [1.54, 1.807) is 0 Å². The molecule has 5 N–H and O–H groups in total. The van der Waals surface area contributed by atoms with E-state index >= 15 is 0 Å². The summed E-state index contributed by atoms with van der Waals surface area (Å²) in [6, 6.07) is 4.05. The fourth-order valence-corrected chi connectivity index (χ4v) is 3.32. The lowest BCUT2D eigenvalue weighted by Crippen LogP contribution is -2.44. The SMILES string of the molecule is CCCCCCCCC(CC(=O)O)C(=O)O.O=C(N[C@H](CO)[C@H](O)c1ccc([N+](=O)[O-])cc1)C(Cl)Cl. The van der Waals surface area contributed by atoms with E-state index in [2.05, 4.69) is 12.2 Å². The number of nitro groups is 1. The monoisotopic (exact) mass is 552 g/mol. The van der Waals surface area contributed by atoms with Gasteiger partial charge in [0.25, 0.3) is 11.6 Å². The first-order valence-corrected chi connectivity index (χ1v) is 12.4. The van der Waals surface area contributed by atoms with Gasteiger partial charge in [0.1, 0.15) is 6.10 Å². The number of amides is 1. The number of aliphatic hydroxyl groups excluding tert-OH is 2. The van der Waals surface area contributed by atoms with Gasteiger partial charge in [-0.2, -0.15) is 0 Å². The van der Waals surface area contributed by atoms with Crippen LogP contribution in [0.5, 0.6) is 0 Å². The quantitative estimate of drug-likeness (QED) is 0.0877. The number of alkyl halides is 2. The molecule has 0 heterocycles. The van der Waals surface area contributed by atoms with Gasteiger partial charge in [-0.15, -0.1) is 0 Å². The second kappa shape index (κ2) is 18.8. The lowest BCUT2D eigenvalue weighted by molar-refractivity contribution is -0.384. The van der Waals surface area contributed by atoms with Crippen molar-refractivity contribution in [2.24, 2.45) is 5.92 Å². The smallest absolute Gasteiger partial charge is 0.307 e. The standard InChI is InChI=1S/C12H22O4.C11H12Cl2N2O5/c1-2-3-4-5-6-7-8-10(12(15)16)9-11(13)14;12-10(13)11(18)14-8(5-16)9(17)6-1-3-7(4-2-6)15(19)20/h10H,2-9H2,1H3,(H,13,14)(H,15,16);1-4,8-10,16-17H,5H2,(H,14,18)/t;8-,9-/m.1/s1. The molecule has 13 heteroatoms. The van der Waals surface area contributed by atoms with Crippen LogP contribution in [0.3, 0.4) is 0 Å². The van der Waals surface area contributed by atoms with Crippen molar-refractivity contribution in [2.45, 2.75) is 75.3 Å². The summed E-state index contributed by atoms with van der Waals surface area (Å²) < 4.78 is 0. The van der Waals surface area contributed by atoms with E-state index in [0.717, 1.165) is 19.3 Å². The number of nitrogens with one attached hydrogen (secondary N) is 1. The molecule has 0 bridgehead atoms. The molecule has 0 aliphatic heterocycles. The van der Waals surface area contributed by atoms with E-state index in [-0.39, 0.29) is 12.1 Å². The highest BCUT2D eigenvalue weighted by Crippen LogP contribution is 2.21. The summed E-state index contributed by atoms with van der Waals surface area (Å²) in [5.41, 5.74) is 0.169. The molecule has 1 amide bonds. The Morgan fingerprint density at radius 3 is 2.03 bits per heavy atom. The molecule has 0 aliphatic rings. The highest BCUT2D eigenvalue weighted by Gasteiger charge is 2.25. The van der Waals surface area contributed by atoms with Crippen molar-refractivity contribution in [3.05, 3.63) is 39.9 Å². The van der Waals surface area contributed by atoms with Gasteiger partial charge in [0.2, 0.25) is 0 Å². The Kier molecular flexibility index (Phi) is 17.5. The minimum atomic E-state index is -1.33. The zero-order valence-electron chi connectivity index (χ0n) is 20.0. The molecule has 0 radical (unpaired) electrons. The van der Waals surface area contributed by atoms with Gasteiger partial charge in [0.05, 0.1) is 29.9 Å². The molecule has 1 aromatic rings. The molecule has 204 valence electrons. The van der Waals surface area contributed by atoms with E-state index in [0.29, 0.717) is 12.0 Å². The minimum Gasteiger partial charge on any atom is -0.481 e. The number of hydrogen-bond acceptors (Lipinski definition) is 7. The lowest BCUT2D eigenvalue weighted by Gasteiger charge is -2.22. The van der Waals surface area contributed by atoms with Crippen LogP contribution in [0.1, 0.15) is 70.0 Å². The average molecular weight is 553 g/mol. The number of rotatable bonds is 16. The number of nitro benzene ring substituents is 1. The molecule has 0 fully saturated rings. The minimum absolute atomic E-state index is 0.132. The van der Waals surface area contributed by atoms with Gasteiger partial charge < -0.3 is 25.7 Å². The predicted molar refractivity (Wildman–Crippen MR) is 134 cm³/mol. The Bertz CT molecular complexity index is 822. The van der Waals surface area contributed by atoms with E-state index in [4.69, 9.17) is 38.5 Å². The van der Waals surface area contributed by atoms with Crippen LogP contribution in [0, 0.1) is 16.0 Å². The molecule has 1 aromatic carbocycles. The van der Waals surface area contributed by atoms with E-state index in [1.807, 2.05) is 0 Å². The highest BCUT2D eigenvalue weighted by atomic mass is 35.5. The van der Waals surface area contributed by atoms with Crippen molar-refractivity contribution >= 4 is 46.7 Å². The molecular weight excluding hydrogens is 519 g/mol. The molecule has 1 rings (SSSR count). The summed E-state index contributed by atoms with van der Waals surface area (Å²) in [7, 11) is 0. The zero-order valence-corrected chi connectivity index (χ0v) is 21.5. The number of carbonyl (C=O) groups excluding carboxylic acids is 1. The fraction of sp³-hybridized carbons (Fsp3) is 0.609. The van der Waals surface area contributed by atoms with Crippen molar-refractivity contribution in [1.29, 1.82) is 0 Å². The molecule has 36 heavy (non-hydrogen) atoms. The number of carboxylic acid groups (broad SMARTS) is 2. The normalized spacial score (nSPS) is 13.2. The third kappa shape index (κ3) is 14.2. The number of benzene rings is 1. The maximum atomic E-state index is 11.3. The first-order chi connectivity index (χ1) is 16.9. The third-order valence-corrected chi connectivity index (χ3v) is 5.62. The van der Waals surface area contributed by atoms with Crippen molar-refractivity contribution in [1.82, 2.24) is 5.32 Å². The van der Waals surface area contributed by atoms with Crippen LogP contribution in [0.4, 0.5) is 5.69 Å². The summed E-state index contributed by atoms with van der Waals surface area (Å²) in [5, 5.41) is 49.3. The number of aliphatic hydroxyl groups is 2. The molecule has 0 aromatic heterocycles. The summed E-state index contributed by atoms with van der Waals surface area (Å²) in [6.07, 6.45) is 5.50. The maximum Gasteiger partial charge on any atom is 0.307 e. The van der Waals surface area contributed by atoms with Crippen LogP contribution < -0.4 is 5.32 Å². The Balaban J connectivity index is 0.000000700. The molecule has 0 spiro atoms. The van der Waals surface area contributed by atoms with Crippen molar-refractivity contribution in [3.8, 4) is 0 Å². The number of nitrogens with zero attached hydrogens (tertiary/aromatic N) is 1. The summed E-state index contributed by atoms with van der Waals surface area (Å²) in [5.74, 6) is -3.49. The van der Waals surface area contributed by atoms with Gasteiger partial charge in [-0.3, -0.25) is 24.5 Å². The molecule has 0 saturated carbocycles. The molecule has 1 unspecified atom stereocenters. The van der Waals surface area contributed by atoms with Gasteiger partial charge in [-0.05, 0) is 24.1 Å². The molecule has 11 nitrogen and oxygen atoms in total. The van der Waals surface area contributed by atoms with Crippen molar-refractivity contribution in [2.75, 3.05) is 6.61 Å². The first kappa shape index (κ1) is 33.5. The third-order valence-electron chi connectivity index (χ3n) is 5.23. The van der Waals surface area contributed by atoms with Crippen molar-refractivity contribution in [3.63, 3.8) is 0 Å². The summed E-state index contributed by atoms with van der Waals surface area (Å²) >= 11 is 10.7. The van der Waals surface area contributed by atoms with Crippen LogP contribution in [0.15, 0.2) is 24.3 Å². The van der Waals surface area contributed by atoms with E-state index in [9.17, 15) is 29.6 Å². The number of hydrogen-bond donors (Lipinski definition) is 5. The number of unbranched alkanes of at least 4 members (excludes halogenated alkanes) is 5. The topological polar surface area (TPSA) is 187 Å². The van der Waals surface area contributed by atoms with Crippen LogP contribution >= 0.6 is 23.2 Å². The number of aliphatic carboxylic acids is 2. The number of non-ortho nitro benzene ring substituents is 1. The molecule has 0 saturated heterocycles.